The van der Waals surface area contributed by atoms with E-state index in [1.165, 1.54) is 11.8 Å². The summed E-state index contributed by atoms with van der Waals surface area (Å²) in [4.78, 5) is 17.5. The van der Waals surface area contributed by atoms with Crippen LogP contribution in [0.5, 0.6) is 0 Å². The van der Waals surface area contributed by atoms with Crippen LogP contribution in [0.15, 0.2) is 45.8 Å². The number of thioether (sulfide) groups is 1. The van der Waals surface area contributed by atoms with Gasteiger partial charge in [0.05, 0.1) is 11.8 Å². The van der Waals surface area contributed by atoms with Gasteiger partial charge in [-0.25, -0.2) is 0 Å². The highest BCUT2D eigenvalue weighted by molar-refractivity contribution is 8.00. The summed E-state index contributed by atoms with van der Waals surface area (Å²) in [5.74, 6) is 1.20. The van der Waals surface area contributed by atoms with E-state index in [9.17, 15) is 4.79 Å². The maximum Gasteiger partial charge on any atom is 0.230 e. The number of aryl methyl sites for hydroxylation is 1. The van der Waals surface area contributed by atoms with Crippen LogP contribution in [-0.2, 0) is 4.79 Å². The summed E-state index contributed by atoms with van der Waals surface area (Å²) in [5.41, 5.74) is 0. The van der Waals surface area contributed by atoms with Crippen molar-refractivity contribution in [2.75, 3.05) is 5.75 Å². The number of carbonyl (C=O) groups excluding carboxylic acids is 1. The average Bonchev–Trinajstić information content (AvgIpc) is 3.04. The van der Waals surface area contributed by atoms with Crippen LogP contribution in [0.3, 0.4) is 0 Å². The third kappa shape index (κ3) is 4.14. The number of amides is 1. The molecule has 3 rings (SSSR count). The number of halogens is 1. The predicted molar refractivity (Wildman–Crippen MR) is 99.9 cm³/mol. The van der Waals surface area contributed by atoms with Crippen molar-refractivity contribution in [2.24, 2.45) is 0 Å². The fourth-order valence-electron chi connectivity index (χ4n) is 2.57. The molecule has 1 aromatic heterocycles. The van der Waals surface area contributed by atoms with Crippen LogP contribution < -0.4 is 5.32 Å². The summed E-state index contributed by atoms with van der Waals surface area (Å²) in [6.45, 7) is 3.69. The van der Waals surface area contributed by atoms with Gasteiger partial charge >= 0.3 is 0 Å². The Morgan fingerprint density at radius 1 is 1.32 bits per heavy atom. The molecule has 5 nitrogen and oxygen atoms in total. The van der Waals surface area contributed by atoms with Gasteiger partial charge in [0.1, 0.15) is 0 Å². The number of benzene rings is 2. The number of hydrogen-bond acceptors (Lipinski definition) is 5. The lowest BCUT2D eigenvalue weighted by Crippen LogP contribution is -2.30. The summed E-state index contributed by atoms with van der Waals surface area (Å²) in [5, 5.41) is 9.57. The Hall–Kier alpha value is -2.05. The van der Waals surface area contributed by atoms with Crippen molar-refractivity contribution < 1.29 is 9.32 Å². The number of fused-ring (bicyclic) bond motifs is 1. The maximum absolute atomic E-state index is 12.3. The second-order valence-electron chi connectivity index (χ2n) is 5.58. The van der Waals surface area contributed by atoms with Crippen LogP contribution >= 0.6 is 23.4 Å². The minimum atomic E-state index is -0.248. The van der Waals surface area contributed by atoms with Crippen molar-refractivity contribution in [1.82, 2.24) is 15.5 Å². The molecule has 25 heavy (non-hydrogen) atoms. The smallest absolute Gasteiger partial charge is 0.230 e. The Balaban J connectivity index is 1.68. The van der Waals surface area contributed by atoms with E-state index in [-0.39, 0.29) is 17.7 Å². The first-order chi connectivity index (χ1) is 12.1. The second-order valence-corrected chi connectivity index (χ2v) is 7.01. The molecule has 1 amide bonds. The summed E-state index contributed by atoms with van der Waals surface area (Å²) in [6.07, 6.45) is 0.690. The minimum Gasteiger partial charge on any atom is -0.345 e. The summed E-state index contributed by atoms with van der Waals surface area (Å²) < 4.78 is 4.99. The van der Waals surface area contributed by atoms with Gasteiger partial charge in [0.2, 0.25) is 11.8 Å². The SMILES string of the molecule is CC[C@@H](NC(=O)CSc1cccc2cccc(Cl)c12)c1noc(C)n1. The number of hydrogen-bond donors (Lipinski definition) is 1. The summed E-state index contributed by atoms with van der Waals surface area (Å²) >= 11 is 7.79. The lowest BCUT2D eigenvalue weighted by atomic mass is 10.1. The molecule has 130 valence electrons. The fourth-order valence-corrected chi connectivity index (χ4v) is 3.82. The molecule has 0 saturated heterocycles. The van der Waals surface area contributed by atoms with Gasteiger partial charge in [0, 0.05) is 22.2 Å². The molecule has 0 radical (unpaired) electrons. The highest BCUT2D eigenvalue weighted by atomic mass is 35.5. The largest absolute Gasteiger partial charge is 0.345 e. The number of rotatable bonds is 6. The summed E-state index contributed by atoms with van der Waals surface area (Å²) in [7, 11) is 0. The van der Waals surface area contributed by atoms with Crippen molar-refractivity contribution >= 4 is 40.0 Å². The molecule has 0 fully saturated rings. The van der Waals surface area contributed by atoms with Gasteiger partial charge in [-0.1, -0.05) is 47.9 Å². The molecule has 0 bridgehead atoms. The van der Waals surface area contributed by atoms with Gasteiger partial charge in [-0.15, -0.1) is 11.8 Å². The lowest BCUT2D eigenvalue weighted by molar-refractivity contribution is -0.119. The zero-order valence-electron chi connectivity index (χ0n) is 14.0. The van der Waals surface area contributed by atoms with E-state index in [0.717, 1.165) is 15.7 Å². The van der Waals surface area contributed by atoms with E-state index in [1.54, 1.807) is 6.92 Å². The fraction of sp³-hybridized carbons (Fsp3) is 0.278. The highest BCUT2D eigenvalue weighted by Crippen LogP contribution is 2.33. The maximum atomic E-state index is 12.3. The Kier molecular flexibility index (Phi) is 5.60. The number of carbonyl (C=O) groups is 1. The van der Waals surface area contributed by atoms with Crippen molar-refractivity contribution in [2.45, 2.75) is 31.2 Å². The molecule has 0 unspecified atom stereocenters. The van der Waals surface area contributed by atoms with E-state index in [2.05, 4.69) is 15.5 Å². The number of nitrogens with one attached hydrogen (secondary N) is 1. The quantitative estimate of drug-likeness (QED) is 0.640. The molecule has 1 heterocycles. The molecule has 1 N–H and O–H groups in total. The molecular formula is C18H18ClN3O2S. The molecule has 2 aromatic carbocycles. The first-order valence-corrected chi connectivity index (χ1v) is 9.34. The van der Waals surface area contributed by atoms with Crippen LogP contribution in [0.2, 0.25) is 5.02 Å². The molecule has 0 saturated carbocycles. The standard InChI is InChI=1S/C18H18ClN3O2S/c1-3-14(18-20-11(2)24-22-18)21-16(23)10-25-15-9-5-7-12-6-4-8-13(19)17(12)15/h4-9,14H,3,10H2,1-2H3,(H,21,23)/t14-/m1/s1. The van der Waals surface area contributed by atoms with Gasteiger partial charge in [-0.3, -0.25) is 4.79 Å². The van der Waals surface area contributed by atoms with Gasteiger partial charge in [-0.05, 0) is 23.9 Å². The molecule has 0 aliphatic heterocycles. The third-order valence-electron chi connectivity index (χ3n) is 3.77. The van der Waals surface area contributed by atoms with Crippen molar-refractivity contribution in [3.8, 4) is 0 Å². The Morgan fingerprint density at radius 3 is 2.76 bits per heavy atom. The van der Waals surface area contributed by atoms with Crippen molar-refractivity contribution in [1.29, 1.82) is 0 Å². The number of aromatic nitrogens is 2. The molecule has 3 aromatic rings. The van der Waals surface area contributed by atoms with Gasteiger partial charge in [-0.2, -0.15) is 4.98 Å². The molecule has 0 aliphatic rings. The van der Waals surface area contributed by atoms with E-state index >= 15 is 0 Å². The Morgan fingerprint density at radius 2 is 2.08 bits per heavy atom. The van der Waals surface area contributed by atoms with Crippen LogP contribution in [0.4, 0.5) is 0 Å². The molecule has 0 aliphatic carbocycles. The Labute approximate surface area is 155 Å². The molecule has 0 spiro atoms. The van der Waals surface area contributed by atoms with Gasteiger partial charge < -0.3 is 9.84 Å². The third-order valence-corrected chi connectivity index (χ3v) is 5.15. The highest BCUT2D eigenvalue weighted by Gasteiger charge is 2.18. The second kappa shape index (κ2) is 7.89. The van der Waals surface area contributed by atoms with Crippen LogP contribution in [0, 0.1) is 6.92 Å². The zero-order chi connectivity index (χ0) is 17.8. The van der Waals surface area contributed by atoms with E-state index in [4.69, 9.17) is 16.1 Å². The van der Waals surface area contributed by atoms with E-state index < -0.39 is 0 Å². The van der Waals surface area contributed by atoms with Crippen molar-refractivity contribution in [3.63, 3.8) is 0 Å². The predicted octanol–water partition coefficient (Wildman–Crippen LogP) is 4.54. The van der Waals surface area contributed by atoms with Gasteiger partial charge in [0.15, 0.2) is 5.82 Å². The number of nitrogens with zero attached hydrogens (tertiary/aromatic N) is 2. The molecule has 1 atom stereocenters. The topological polar surface area (TPSA) is 68.0 Å². The van der Waals surface area contributed by atoms with Crippen LogP contribution in [0.25, 0.3) is 10.8 Å². The average molecular weight is 376 g/mol. The first kappa shape index (κ1) is 17.8. The Bertz CT molecular complexity index is 892. The normalized spacial score (nSPS) is 12.3. The molecule has 7 heteroatoms. The minimum absolute atomic E-state index is 0.0802. The zero-order valence-corrected chi connectivity index (χ0v) is 15.5. The van der Waals surface area contributed by atoms with E-state index in [0.29, 0.717) is 23.2 Å². The summed E-state index contributed by atoms with van der Waals surface area (Å²) in [6, 6.07) is 11.5. The van der Waals surface area contributed by atoms with E-state index in [1.807, 2.05) is 43.3 Å². The van der Waals surface area contributed by atoms with Crippen LogP contribution in [0.1, 0.15) is 31.1 Å². The van der Waals surface area contributed by atoms with Gasteiger partial charge in [0.25, 0.3) is 0 Å². The van der Waals surface area contributed by atoms with Crippen LogP contribution in [-0.4, -0.2) is 21.8 Å². The molecular weight excluding hydrogens is 358 g/mol. The lowest BCUT2D eigenvalue weighted by Gasteiger charge is -2.13. The van der Waals surface area contributed by atoms with Crippen molar-refractivity contribution in [3.05, 3.63) is 53.1 Å². The first-order valence-electron chi connectivity index (χ1n) is 7.98. The monoisotopic (exact) mass is 375 g/mol.